The van der Waals surface area contributed by atoms with E-state index in [1.807, 2.05) is 6.07 Å². The second-order valence-corrected chi connectivity index (χ2v) is 4.52. The zero-order valence-corrected chi connectivity index (χ0v) is 10.8. The Kier molecular flexibility index (Phi) is 4.02. The maximum atomic E-state index is 5.97. The van der Waals surface area contributed by atoms with Crippen molar-refractivity contribution in [3.63, 3.8) is 0 Å². The summed E-state index contributed by atoms with van der Waals surface area (Å²) in [5, 5.41) is 3.39. The fraction of sp³-hybridized carbons (Fsp3) is 0.571. The molecule has 1 heterocycles. The van der Waals surface area contributed by atoms with Gasteiger partial charge >= 0.3 is 0 Å². The smallest absolute Gasteiger partial charge is 0.124 e. The van der Waals surface area contributed by atoms with E-state index >= 15 is 0 Å². The van der Waals surface area contributed by atoms with Gasteiger partial charge < -0.3 is 14.8 Å². The lowest BCUT2D eigenvalue weighted by Gasteiger charge is -2.30. The van der Waals surface area contributed by atoms with Gasteiger partial charge in [-0.05, 0) is 31.0 Å². The summed E-state index contributed by atoms with van der Waals surface area (Å²) in [4.78, 5) is 0. The zero-order chi connectivity index (χ0) is 12.3. The molecule has 0 aromatic heterocycles. The molecule has 0 amide bonds. The van der Waals surface area contributed by atoms with Crippen LogP contribution in [0.15, 0.2) is 18.2 Å². The molecule has 1 aliphatic rings. The minimum Gasteiger partial charge on any atom is -0.496 e. The Bertz CT molecular complexity index is 378. The van der Waals surface area contributed by atoms with Crippen LogP contribution in [0.3, 0.4) is 0 Å². The van der Waals surface area contributed by atoms with Crippen molar-refractivity contribution in [3.05, 3.63) is 29.3 Å². The standard InChI is InChI=1S/C14H21NO2/c1-4-11-5-6-13(16-3)12(7-11)14-9-15-8-10(2)17-14/h5-7,10,14-15H,4,8-9H2,1-3H3. The summed E-state index contributed by atoms with van der Waals surface area (Å²) in [5.74, 6) is 0.920. The maximum Gasteiger partial charge on any atom is 0.124 e. The summed E-state index contributed by atoms with van der Waals surface area (Å²) < 4.78 is 11.4. The molecule has 1 N–H and O–H groups in total. The molecule has 1 aromatic carbocycles. The highest BCUT2D eigenvalue weighted by molar-refractivity contribution is 5.39. The molecule has 0 radical (unpaired) electrons. The molecule has 0 spiro atoms. The number of benzene rings is 1. The van der Waals surface area contributed by atoms with Gasteiger partial charge in [-0.25, -0.2) is 0 Å². The molecular formula is C14H21NO2. The lowest BCUT2D eigenvalue weighted by atomic mass is 10.0. The zero-order valence-electron chi connectivity index (χ0n) is 10.8. The van der Waals surface area contributed by atoms with Crippen molar-refractivity contribution in [2.24, 2.45) is 0 Å². The van der Waals surface area contributed by atoms with Crippen LogP contribution >= 0.6 is 0 Å². The largest absolute Gasteiger partial charge is 0.496 e. The summed E-state index contributed by atoms with van der Waals surface area (Å²) in [5.41, 5.74) is 2.48. The van der Waals surface area contributed by atoms with Crippen LogP contribution in [0.1, 0.15) is 31.1 Å². The van der Waals surface area contributed by atoms with Crippen LogP contribution in [0.4, 0.5) is 0 Å². The fourth-order valence-electron chi connectivity index (χ4n) is 2.23. The molecule has 0 saturated carbocycles. The highest BCUT2D eigenvalue weighted by Gasteiger charge is 2.23. The molecule has 1 saturated heterocycles. The van der Waals surface area contributed by atoms with E-state index in [0.717, 1.165) is 30.8 Å². The Morgan fingerprint density at radius 1 is 1.41 bits per heavy atom. The van der Waals surface area contributed by atoms with Crippen molar-refractivity contribution in [1.29, 1.82) is 0 Å². The number of methoxy groups -OCH3 is 1. The molecule has 2 atom stereocenters. The van der Waals surface area contributed by atoms with E-state index < -0.39 is 0 Å². The first-order valence-corrected chi connectivity index (χ1v) is 6.27. The average molecular weight is 235 g/mol. The molecule has 94 valence electrons. The van der Waals surface area contributed by atoms with E-state index in [-0.39, 0.29) is 12.2 Å². The highest BCUT2D eigenvalue weighted by Crippen LogP contribution is 2.30. The minimum atomic E-state index is 0.0974. The van der Waals surface area contributed by atoms with Gasteiger partial charge in [-0.2, -0.15) is 0 Å². The average Bonchev–Trinajstić information content (AvgIpc) is 2.38. The number of hydrogen-bond acceptors (Lipinski definition) is 3. The van der Waals surface area contributed by atoms with E-state index in [2.05, 4.69) is 31.3 Å². The Balaban J connectivity index is 2.27. The van der Waals surface area contributed by atoms with Crippen molar-refractivity contribution >= 4 is 0 Å². The van der Waals surface area contributed by atoms with Gasteiger partial charge in [0.1, 0.15) is 5.75 Å². The van der Waals surface area contributed by atoms with E-state index in [1.165, 1.54) is 5.56 Å². The maximum absolute atomic E-state index is 5.97. The minimum absolute atomic E-state index is 0.0974. The van der Waals surface area contributed by atoms with E-state index in [1.54, 1.807) is 7.11 Å². The van der Waals surface area contributed by atoms with Crippen LogP contribution in [0.25, 0.3) is 0 Å². The number of ether oxygens (including phenoxy) is 2. The number of rotatable bonds is 3. The molecule has 1 fully saturated rings. The molecule has 1 aromatic rings. The van der Waals surface area contributed by atoms with Gasteiger partial charge in [0, 0.05) is 18.7 Å². The van der Waals surface area contributed by atoms with Crippen molar-refractivity contribution < 1.29 is 9.47 Å². The highest BCUT2D eigenvalue weighted by atomic mass is 16.5. The van der Waals surface area contributed by atoms with Gasteiger partial charge in [0.2, 0.25) is 0 Å². The second-order valence-electron chi connectivity index (χ2n) is 4.52. The van der Waals surface area contributed by atoms with Crippen LogP contribution in [0.2, 0.25) is 0 Å². The first kappa shape index (κ1) is 12.4. The molecule has 3 nitrogen and oxygen atoms in total. The van der Waals surface area contributed by atoms with Crippen LogP contribution in [0, 0.1) is 0 Å². The SMILES string of the molecule is CCc1ccc(OC)c(C2CNCC(C)O2)c1. The Labute approximate surface area is 103 Å². The van der Waals surface area contributed by atoms with Crippen LogP contribution < -0.4 is 10.1 Å². The molecule has 3 heteroatoms. The van der Waals surface area contributed by atoms with Gasteiger partial charge in [-0.1, -0.05) is 13.0 Å². The monoisotopic (exact) mass is 235 g/mol. The Morgan fingerprint density at radius 3 is 2.88 bits per heavy atom. The number of nitrogens with one attached hydrogen (secondary N) is 1. The topological polar surface area (TPSA) is 30.5 Å². The van der Waals surface area contributed by atoms with Crippen molar-refractivity contribution in [2.45, 2.75) is 32.5 Å². The predicted molar refractivity (Wildman–Crippen MR) is 68.5 cm³/mol. The van der Waals surface area contributed by atoms with E-state index in [4.69, 9.17) is 9.47 Å². The number of hydrogen-bond donors (Lipinski definition) is 1. The van der Waals surface area contributed by atoms with Crippen molar-refractivity contribution in [2.75, 3.05) is 20.2 Å². The van der Waals surface area contributed by atoms with Gasteiger partial charge in [0.25, 0.3) is 0 Å². The van der Waals surface area contributed by atoms with Gasteiger partial charge in [-0.3, -0.25) is 0 Å². The molecule has 0 bridgehead atoms. The number of morpholine rings is 1. The molecule has 0 aliphatic carbocycles. The normalized spacial score (nSPS) is 24.6. The molecule has 1 aliphatic heterocycles. The fourth-order valence-corrected chi connectivity index (χ4v) is 2.23. The van der Waals surface area contributed by atoms with E-state index in [9.17, 15) is 0 Å². The molecule has 2 rings (SSSR count). The summed E-state index contributed by atoms with van der Waals surface area (Å²) in [7, 11) is 1.71. The Morgan fingerprint density at radius 2 is 2.24 bits per heavy atom. The van der Waals surface area contributed by atoms with Gasteiger partial charge in [0.15, 0.2) is 0 Å². The summed E-state index contributed by atoms with van der Waals surface area (Å²) in [6.45, 7) is 6.03. The van der Waals surface area contributed by atoms with Gasteiger partial charge in [0.05, 0.1) is 19.3 Å². The van der Waals surface area contributed by atoms with Crippen molar-refractivity contribution in [3.8, 4) is 5.75 Å². The molecule has 2 unspecified atom stereocenters. The predicted octanol–water partition coefficient (Wildman–Crippen LogP) is 2.31. The molecular weight excluding hydrogens is 214 g/mol. The first-order valence-electron chi connectivity index (χ1n) is 6.27. The van der Waals surface area contributed by atoms with Gasteiger partial charge in [-0.15, -0.1) is 0 Å². The van der Waals surface area contributed by atoms with Crippen LogP contribution in [0.5, 0.6) is 5.75 Å². The van der Waals surface area contributed by atoms with Crippen molar-refractivity contribution in [1.82, 2.24) is 5.32 Å². The second kappa shape index (κ2) is 5.52. The molecule has 17 heavy (non-hydrogen) atoms. The Hall–Kier alpha value is -1.06. The number of aryl methyl sites for hydroxylation is 1. The summed E-state index contributed by atoms with van der Waals surface area (Å²) in [6.07, 6.45) is 1.39. The summed E-state index contributed by atoms with van der Waals surface area (Å²) in [6, 6.07) is 6.35. The summed E-state index contributed by atoms with van der Waals surface area (Å²) >= 11 is 0. The first-order chi connectivity index (χ1) is 8.24. The third-order valence-corrected chi connectivity index (χ3v) is 3.21. The van der Waals surface area contributed by atoms with Crippen LogP contribution in [-0.2, 0) is 11.2 Å². The third-order valence-electron chi connectivity index (χ3n) is 3.21. The van der Waals surface area contributed by atoms with Crippen LogP contribution in [-0.4, -0.2) is 26.3 Å². The van der Waals surface area contributed by atoms with E-state index in [0.29, 0.717) is 0 Å². The quantitative estimate of drug-likeness (QED) is 0.872. The third kappa shape index (κ3) is 2.79. The lowest BCUT2D eigenvalue weighted by molar-refractivity contribution is -0.0297. The lowest BCUT2D eigenvalue weighted by Crippen LogP contribution is -2.39.